The fourth-order valence-electron chi connectivity index (χ4n) is 1.58. The first-order chi connectivity index (χ1) is 9.52. The molecule has 0 aliphatic rings. The van der Waals surface area contributed by atoms with Crippen LogP contribution in [0.5, 0.6) is 0 Å². The number of nitrogens with one attached hydrogen (secondary N) is 1. The smallest absolute Gasteiger partial charge is 0.348 e. The van der Waals surface area contributed by atoms with E-state index < -0.39 is 4.92 Å². The van der Waals surface area contributed by atoms with Crippen LogP contribution in [0.4, 0.5) is 11.5 Å². The summed E-state index contributed by atoms with van der Waals surface area (Å²) >= 11 is 7.29. The second kappa shape index (κ2) is 6.10. The normalized spacial score (nSPS) is 12.2. The van der Waals surface area contributed by atoms with Gasteiger partial charge in [0.1, 0.15) is 11.3 Å². The predicted octanol–water partition coefficient (Wildman–Crippen LogP) is 3.23. The molecule has 2 aromatic heterocycles. The first-order valence-electron chi connectivity index (χ1n) is 5.89. The molecule has 0 amide bonds. The van der Waals surface area contributed by atoms with Crippen molar-refractivity contribution in [2.24, 2.45) is 0 Å². The molecule has 9 heteroatoms. The monoisotopic (exact) mass is 313 g/mol. The van der Waals surface area contributed by atoms with Crippen molar-refractivity contribution in [2.45, 2.75) is 26.3 Å². The molecule has 2 aromatic rings. The van der Waals surface area contributed by atoms with Gasteiger partial charge >= 0.3 is 5.69 Å². The van der Waals surface area contributed by atoms with Crippen molar-refractivity contribution in [3.8, 4) is 0 Å². The van der Waals surface area contributed by atoms with E-state index >= 15 is 0 Å². The topological polar surface area (TPSA) is 93.8 Å². The van der Waals surface area contributed by atoms with Crippen LogP contribution in [0, 0.1) is 10.1 Å². The maximum atomic E-state index is 11.0. The van der Waals surface area contributed by atoms with Crippen LogP contribution < -0.4 is 5.32 Å². The third kappa shape index (κ3) is 3.02. The molecule has 0 spiro atoms. The molecule has 0 saturated carbocycles. The van der Waals surface area contributed by atoms with Crippen LogP contribution in [0.25, 0.3) is 0 Å². The van der Waals surface area contributed by atoms with Gasteiger partial charge in [-0.3, -0.25) is 10.1 Å². The Labute approximate surface area is 124 Å². The summed E-state index contributed by atoms with van der Waals surface area (Å²) in [7, 11) is 0. The van der Waals surface area contributed by atoms with Crippen LogP contribution in [-0.4, -0.2) is 19.9 Å². The van der Waals surface area contributed by atoms with Crippen molar-refractivity contribution >= 4 is 34.4 Å². The van der Waals surface area contributed by atoms with Crippen LogP contribution in [0.1, 0.15) is 29.8 Å². The SMILES string of the molecule is CCc1cnc(C(C)Nc2ncnc(Cl)c2[N+](=O)[O-])s1. The summed E-state index contributed by atoms with van der Waals surface area (Å²) in [6, 6.07) is -0.204. The van der Waals surface area contributed by atoms with Crippen molar-refractivity contribution < 1.29 is 4.92 Å². The predicted molar refractivity (Wildman–Crippen MR) is 77.2 cm³/mol. The highest BCUT2D eigenvalue weighted by Gasteiger charge is 2.23. The summed E-state index contributed by atoms with van der Waals surface area (Å²) in [4.78, 5) is 23.3. The van der Waals surface area contributed by atoms with Crippen molar-refractivity contribution in [1.29, 1.82) is 0 Å². The molecule has 106 valence electrons. The van der Waals surface area contributed by atoms with Gasteiger partial charge in [0.15, 0.2) is 0 Å². The van der Waals surface area contributed by atoms with E-state index in [2.05, 4.69) is 20.3 Å². The molecule has 1 atom stereocenters. The van der Waals surface area contributed by atoms with Gasteiger partial charge in [-0.2, -0.15) is 0 Å². The number of thiazole rings is 1. The quantitative estimate of drug-likeness (QED) is 0.517. The van der Waals surface area contributed by atoms with Crippen LogP contribution in [-0.2, 0) is 6.42 Å². The number of hydrogen-bond donors (Lipinski definition) is 1. The number of aryl methyl sites for hydroxylation is 1. The lowest BCUT2D eigenvalue weighted by Crippen LogP contribution is -2.10. The first-order valence-corrected chi connectivity index (χ1v) is 7.08. The number of nitrogens with zero attached hydrogens (tertiary/aromatic N) is 4. The van der Waals surface area contributed by atoms with Crippen LogP contribution >= 0.6 is 22.9 Å². The van der Waals surface area contributed by atoms with Gasteiger partial charge in [-0.05, 0) is 13.3 Å². The summed E-state index contributed by atoms with van der Waals surface area (Å²) < 4.78 is 0. The van der Waals surface area contributed by atoms with Crippen LogP contribution in [0.3, 0.4) is 0 Å². The minimum absolute atomic E-state index is 0.0933. The third-order valence-corrected chi connectivity index (χ3v) is 4.20. The van der Waals surface area contributed by atoms with Gasteiger partial charge in [-0.25, -0.2) is 15.0 Å². The average molecular weight is 314 g/mol. The first kappa shape index (κ1) is 14.6. The number of nitro groups is 1. The van der Waals surface area contributed by atoms with E-state index in [0.29, 0.717) is 0 Å². The molecule has 0 saturated heterocycles. The zero-order valence-corrected chi connectivity index (χ0v) is 12.4. The third-order valence-electron chi connectivity index (χ3n) is 2.60. The molecule has 20 heavy (non-hydrogen) atoms. The molecule has 0 fully saturated rings. The van der Waals surface area contributed by atoms with Gasteiger partial charge in [0, 0.05) is 11.1 Å². The largest absolute Gasteiger partial charge is 0.355 e. The van der Waals surface area contributed by atoms with Crippen LogP contribution in [0.15, 0.2) is 12.5 Å². The lowest BCUT2D eigenvalue weighted by molar-refractivity contribution is -0.384. The molecular formula is C11H12ClN5O2S. The van der Waals surface area contributed by atoms with E-state index in [9.17, 15) is 10.1 Å². The van der Waals surface area contributed by atoms with E-state index in [1.807, 2.05) is 13.8 Å². The van der Waals surface area contributed by atoms with E-state index in [-0.39, 0.29) is 22.7 Å². The lowest BCUT2D eigenvalue weighted by Gasteiger charge is -2.11. The Morgan fingerprint density at radius 1 is 1.50 bits per heavy atom. The van der Waals surface area contributed by atoms with Gasteiger partial charge < -0.3 is 5.32 Å². The second-order valence-corrected chi connectivity index (χ2v) is 5.51. The molecule has 0 aromatic carbocycles. The van der Waals surface area contributed by atoms with E-state index in [1.165, 1.54) is 6.33 Å². The molecule has 0 bridgehead atoms. The Morgan fingerprint density at radius 3 is 2.85 bits per heavy atom. The molecule has 1 unspecified atom stereocenters. The number of anilines is 1. The molecule has 2 heterocycles. The van der Waals surface area contributed by atoms with Gasteiger partial charge in [-0.15, -0.1) is 11.3 Å². The van der Waals surface area contributed by atoms with Gasteiger partial charge in [0.25, 0.3) is 0 Å². The Kier molecular flexibility index (Phi) is 4.46. The Morgan fingerprint density at radius 2 is 2.25 bits per heavy atom. The van der Waals surface area contributed by atoms with Crippen LogP contribution in [0.2, 0.25) is 5.15 Å². The molecule has 2 rings (SSSR count). The summed E-state index contributed by atoms with van der Waals surface area (Å²) in [6.45, 7) is 3.91. The summed E-state index contributed by atoms with van der Waals surface area (Å²) in [5.41, 5.74) is -0.326. The highest BCUT2D eigenvalue weighted by atomic mass is 35.5. The Hall–Kier alpha value is -1.80. The molecular weight excluding hydrogens is 302 g/mol. The zero-order valence-electron chi connectivity index (χ0n) is 10.8. The standard InChI is InChI=1S/C11H12ClN5O2S/c1-3-7-4-13-11(20-7)6(2)16-10-8(17(18)19)9(12)14-5-15-10/h4-6H,3H2,1-2H3,(H,14,15,16). The number of aromatic nitrogens is 3. The number of hydrogen-bond acceptors (Lipinski definition) is 7. The molecule has 1 N–H and O–H groups in total. The van der Waals surface area contributed by atoms with Crippen molar-refractivity contribution in [2.75, 3.05) is 5.32 Å². The second-order valence-electron chi connectivity index (χ2n) is 4.00. The summed E-state index contributed by atoms with van der Waals surface area (Å²) in [5, 5.41) is 14.6. The summed E-state index contributed by atoms with van der Waals surface area (Å²) in [5.74, 6) is 0.0933. The van der Waals surface area contributed by atoms with Crippen molar-refractivity contribution in [3.63, 3.8) is 0 Å². The number of halogens is 1. The zero-order chi connectivity index (χ0) is 14.7. The molecule has 0 aliphatic carbocycles. The van der Waals surface area contributed by atoms with Gasteiger partial charge in [0.2, 0.25) is 11.0 Å². The lowest BCUT2D eigenvalue weighted by atomic mass is 10.3. The van der Waals surface area contributed by atoms with Crippen molar-refractivity contribution in [1.82, 2.24) is 15.0 Å². The van der Waals surface area contributed by atoms with Gasteiger partial charge in [-0.1, -0.05) is 18.5 Å². The Bertz CT molecular complexity index is 633. The Balaban J connectivity index is 2.25. The fourth-order valence-corrected chi connectivity index (χ4v) is 2.64. The molecule has 0 radical (unpaired) electrons. The molecule has 7 nitrogen and oxygen atoms in total. The van der Waals surface area contributed by atoms with E-state index in [1.54, 1.807) is 17.5 Å². The maximum Gasteiger partial charge on any atom is 0.348 e. The number of rotatable bonds is 5. The summed E-state index contributed by atoms with van der Waals surface area (Å²) in [6.07, 6.45) is 3.90. The van der Waals surface area contributed by atoms with Gasteiger partial charge in [0.05, 0.1) is 11.0 Å². The minimum atomic E-state index is -0.600. The van der Waals surface area contributed by atoms with E-state index in [4.69, 9.17) is 11.6 Å². The fraction of sp³-hybridized carbons (Fsp3) is 0.364. The maximum absolute atomic E-state index is 11.0. The van der Waals surface area contributed by atoms with E-state index in [0.717, 1.165) is 16.3 Å². The minimum Gasteiger partial charge on any atom is -0.355 e. The average Bonchev–Trinajstić information content (AvgIpc) is 2.87. The highest BCUT2D eigenvalue weighted by Crippen LogP contribution is 2.31. The molecule has 0 aliphatic heterocycles. The highest BCUT2D eigenvalue weighted by molar-refractivity contribution is 7.11. The van der Waals surface area contributed by atoms with Crippen molar-refractivity contribution in [3.05, 3.63) is 37.7 Å².